The van der Waals surface area contributed by atoms with Gasteiger partial charge in [0.25, 0.3) is 6.71 Å². The molecule has 8 aromatic carbocycles. The van der Waals surface area contributed by atoms with Gasteiger partial charge in [0.1, 0.15) is 5.69 Å². The van der Waals surface area contributed by atoms with Crippen molar-refractivity contribution in [3.05, 3.63) is 166 Å². The van der Waals surface area contributed by atoms with E-state index >= 15 is 0 Å². The molecule has 0 unspecified atom stereocenters. The van der Waals surface area contributed by atoms with E-state index in [9.17, 15) is 20.4 Å². The lowest BCUT2D eigenvalue weighted by Gasteiger charge is -2.45. The maximum Gasteiger partial charge on any atom is 0.252 e. The summed E-state index contributed by atoms with van der Waals surface area (Å²) >= 11 is 0. The van der Waals surface area contributed by atoms with Crippen molar-refractivity contribution in [1.29, 1.82) is 0 Å². The van der Waals surface area contributed by atoms with Crippen molar-refractivity contribution < 1.29 is 25.2 Å². The summed E-state index contributed by atoms with van der Waals surface area (Å²) in [5.41, 5.74) is 21.0. The minimum Gasteiger partial charge on any atom is -0.503 e. The fourth-order valence-electron chi connectivity index (χ4n) is 12.2. The van der Waals surface area contributed by atoms with E-state index in [1.54, 1.807) is 0 Å². The minimum absolute atomic E-state index is 0.0130. The molecular formula is C65H64BN3O5. The Hall–Kier alpha value is -7.78. The number of anilines is 9. The van der Waals surface area contributed by atoms with Crippen molar-refractivity contribution in [2.45, 2.75) is 112 Å². The number of ether oxygens (including phenoxy) is 1. The monoisotopic (exact) mass is 977 g/mol. The van der Waals surface area contributed by atoms with Gasteiger partial charge in [-0.3, -0.25) is 4.90 Å². The lowest BCUT2D eigenvalue weighted by atomic mass is 9.33. The normalized spacial score (nSPS) is 14.9. The Morgan fingerprint density at radius 2 is 1.00 bits per heavy atom. The lowest BCUT2D eigenvalue weighted by Crippen LogP contribution is -2.61. The summed E-state index contributed by atoms with van der Waals surface area (Å²) < 4.78 is 6.50. The Bertz CT molecular complexity index is 3720. The molecule has 8 aromatic rings. The van der Waals surface area contributed by atoms with Crippen molar-refractivity contribution in [3.63, 3.8) is 0 Å². The summed E-state index contributed by atoms with van der Waals surface area (Å²) in [6, 6.07) is 47.0. The van der Waals surface area contributed by atoms with Gasteiger partial charge in [0.2, 0.25) is 23.0 Å². The molecule has 0 amide bonds. The van der Waals surface area contributed by atoms with Crippen LogP contribution in [0.15, 0.2) is 127 Å². The highest BCUT2D eigenvalue weighted by atomic mass is 16.5. The average molecular weight is 978 g/mol. The third kappa shape index (κ3) is 6.81. The Balaban J connectivity index is 1.16. The zero-order chi connectivity index (χ0) is 52.5. The van der Waals surface area contributed by atoms with Gasteiger partial charge < -0.3 is 35.0 Å². The highest BCUT2D eigenvalue weighted by molar-refractivity contribution is 7.00. The predicted molar refractivity (Wildman–Crippen MR) is 305 cm³/mol. The van der Waals surface area contributed by atoms with Crippen molar-refractivity contribution in [2.75, 3.05) is 14.7 Å². The van der Waals surface area contributed by atoms with E-state index < -0.39 is 23.0 Å². The zero-order valence-corrected chi connectivity index (χ0v) is 44.7. The smallest absolute Gasteiger partial charge is 0.252 e. The Labute approximate surface area is 435 Å². The highest BCUT2D eigenvalue weighted by Crippen LogP contribution is 2.64. The van der Waals surface area contributed by atoms with Crippen LogP contribution < -0.4 is 35.8 Å². The molecule has 1 aliphatic carbocycles. The molecular weight excluding hydrogens is 914 g/mol. The van der Waals surface area contributed by atoms with Gasteiger partial charge in [0, 0.05) is 45.2 Å². The summed E-state index contributed by atoms with van der Waals surface area (Å²) in [6.45, 7) is 28.6. The third-order valence-electron chi connectivity index (χ3n) is 16.3. The second-order valence-electron chi connectivity index (χ2n) is 24.7. The molecule has 0 radical (unpaired) electrons. The maximum atomic E-state index is 11.9. The number of phenolic OH excluding ortho intramolecular Hbond substituents is 4. The molecule has 0 saturated carbocycles. The number of phenols is 4. The molecule has 9 heteroatoms. The van der Waals surface area contributed by atoms with Crippen LogP contribution in [0.2, 0.25) is 0 Å². The summed E-state index contributed by atoms with van der Waals surface area (Å²) in [7, 11) is 0. The van der Waals surface area contributed by atoms with Crippen LogP contribution in [0.25, 0.3) is 11.1 Å². The number of hydrogen-bond acceptors (Lipinski definition) is 8. The van der Waals surface area contributed by atoms with Gasteiger partial charge in [0.05, 0.1) is 5.69 Å². The summed E-state index contributed by atoms with van der Waals surface area (Å²) in [5, 5.41) is 45.7. The number of aryl methyl sites for hydroxylation is 2. The van der Waals surface area contributed by atoms with E-state index in [-0.39, 0.29) is 39.8 Å². The van der Waals surface area contributed by atoms with Gasteiger partial charge >= 0.3 is 0 Å². The predicted octanol–water partition coefficient (Wildman–Crippen LogP) is 15.0. The minimum atomic E-state index is -0.862. The van der Waals surface area contributed by atoms with E-state index in [4.69, 9.17) is 4.74 Å². The van der Waals surface area contributed by atoms with Crippen molar-refractivity contribution in [2.24, 2.45) is 0 Å². The molecule has 4 N–H and O–H groups in total. The average Bonchev–Trinajstić information content (AvgIpc) is 3.58. The van der Waals surface area contributed by atoms with Crippen LogP contribution in [0.5, 0.6) is 34.5 Å². The quantitative estimate of drug-likeness (QED) is 0.0789. The van der Waals surface area contributed by atoms with Gasteiger partial charge in [-0.25, -0.2) is 0 Å². The van der Waals surface area contributed by atoms with Crippen LogP contribution in [0.3, 0.4) is 0 Å². The molecule has 0 spiro atoms. The molecule has 372 valence electrons. The molecule has 3 heterocycles. The summed E-state index contributed by atoms with van der Waals surface area (Å²) in [5.74, 6) is -2.72. The number of rotatable bonds is 3. The Kier molecular flexibility index (Phi) is 9.97. The van der Waals surface area contributed by atoms with Crippen molar-refractivity contribution in [1.82, 2.24) is 0 Å². The third-order valence-corrected chi connectivity index (χ3v) is 16.3. The van der Waals surface area contributed by atoms with E-state index in [2.05, 4.69) is 214 Å². The van der Waals surface area contributed by atoms with E-state index in [0.29, 0.717) is 17.1 Å². The van der Waals surface area contributed by atoms with Crippen LogP contribution in [-0.2, 0) is 21.7 Å². The van der Waals surface area contributed by atoms with Crippen LogP contribution in [0.1, 0.15) is 115 Å². The van der Waals surface area contributed by atoms with Crippen LogP contribution in [-0.4, -0.2) is 27.1 Å². The van der Waals surface area contributed by atoms with Gasteiger partial charge in [-0.1, -0.05) is 143 Å². The molecule has 4 aliphatic rings. The van der Waals surface area contributed by atoms with E-state index in [1.165, 1.54) is 44.3 Å². The fourth-order valence-corrected chi connectivity index (χ4v) is 12.2. The number of benzene rings is 8. The summed E-state index contributed by atoms with van der Waals surface area (Å²) in [6.07, 6.45) is 0. The van der Waals surface area contributed by atoms with Gasteiger partial charge in [-0.2, -0.15) is 0 Å². The summed E-state index contributed by atoms with van der Waals surface area (Å²) in [4.78, 5) is 6.75. The first kappa shape index (κ1) is 47.2. The van der Waals surface area contributed by atoms with Crippen molar-refractivity contribution >= 4 is 74.3 Å². The van der Waals surface area contributed by atoms with E-state index in [1.807, 2.05) is 17.9 Å². The van der Waals surface area contributed by atoms with Crippen LogP contribution in [0, 0.1) is 13.8 Å². The van der Waals surface area contributed by atoms with Crippen LogP contribution in [0.4, 0.5) is 51.2 Å². The number of hydrogen-bond donors (Lipinski definition) is 4. The molecule has 74 heavy (non-hydrogen) atoms. The first-order valence-electron chi connectivity index (χ1n) is 25.9. The largest absolute Gasteiger partial charge is 0.503 e. The van der Waals surface area contributed by atoms with Gasteiger partial charge in [-0.05, 0) is 157 Å². The number of nitrogens with zero attached hydrogens (tertiary/aromatic N) is 3. The van der Waals surface area contributed by atoms with E-state index in [0.717, 1.165) is 56.3 Å². The molecule has 0 saturated heterocycles. The van der Waals surface area contributed by atoms with Crippen LogP contribution >= 0.6 is 0 Å². The molecule has 3 aliphatic heterocycles. The maximum absolute atomic E-state index is 11.9. The topological polar surface area (TPSA) is 99.9 Å². The SMILES string of the molecule is Cc1cc2c3c(c1)N(c1ccc(C(C)(C)C)cc1)c1cc(C(C)(C)C)ccc1B3c1ccc(N3c4c(C)cc(C(C)(C)C)cc4Oc4c(O)c(O)c(O)c(O)c43)cc1N2c1ccc2c(c1)C(C)(C)c1ccccc1-2. The standard InChI is InChI=1S/C65H64BN3O5/c1-35-28-51-54-52(29-35)68(41-23-25-44-43-16-14-15-17-45(43)65(12,13)46(44)33-41)50-34-42(69-55-36(2)30-39(64(9,10)11)32-53(55)74-61-56(69)57(70)58(71)59(72)60(61)73)24-27-48(50)66(54)47-26-20-38(63(6,7)8)31-49(47)67(51)40-21-18-37(19-22-40)62(3,4)5/h14-34,70-73H,1-13H3. The fraction of sp³-hybridized carbons (Fsp3) is 0.262. The molecule has 8 nitrogen and oxygen atoms in total. The number of fused-ring (bicyclic) bond motifs is 9. The molecule has 12 rings (SSSR count). The first-order valence-corrected chi connectivity index (χ1v) is 25.9. The zero-order valence-electron chi connectivity index (χ0n) is 44.7. The Morgan fingerprint density at radius 1 is 0.459 bits per heavy atom. The molecule has 0 aromatic heterocycles. The second kappa shape index (κ2) is 15.6. The highest BCUT2D eigenvalue weighted by Gasteiger charge is 2.46. The molecule has 0 atom stereocenters. The molecule has 0 fully saturated rings. The molecule has 0 bridgehead atoms. The first-order chi connectivity index (χ1) is 34.8. The van der Waals surface area contributed by atoms with Crippen molar-refractivity contribution in [3.8, 4) is 45.6 Å². The second-order valence-corrected chi connectivity index (χ2v) is 24.7. The van der Waals surface area contributed by atoms with Gasteiger partial charge in [0.15, 0.2) is 11.5 Å². The lowest BCUT2D eigenvalue weighted by molar-refractivity contribution is 0.330. The number of aromatic hydroxyl groups is 4. The Morgan fingerprint density at radius 3 is 1.66 bits per heavy atom. The van der Waals surface area contributed by atoms with Gasteiger partial charge in [-0.15, -0.1) is 0 Å².